The summed E-state index contributed by atoms with van der Waals surface area (Å²) in [6.45, 7) is 0.904. The number of benzene rings is 1. The van der Waals surface area contributed by atoms with Crippen LogP contribution < -0.4 is 4.90 Å². The van der Waals surface area contributed by atoms with Gasteiger partial charge in [0.1, 0.15) is 6.07 Å². The lowest BCUT2D eigenvalue weighted by molar-refractivity contribution is 0.587. The summed E-state index contributed by atoms with van der Waals surface area (Å²) in [5, 5.41) is 9.11. The number of hydrogen-bond donors (Lipinski definition) is 0. The molecule has 90 valence electrons. The molecule has 0 radical (unpaired) electrons. The van der Waals surface area contributed by atoms with Crippen molar-refractivity contribution >= 4 is 31.5 Å². The average molecular weight is 315 g/mol. The summed E-state index contributed by atoms with van der Waals surface area (Å²) in [5.41, 5.74) is 1.36. The molecule has 6 heteroatoms. The van der Waals surface area contributed by atoms with Crippen LogP contribution in [0, 0.1) is 11.3 Å². The fourth-order valence-corrected chi connectivity index (χ4v) is 3.49. The van der Waals surface area contributed by atoms with Crippen molar-refractivity contribution in [1.29, 1.82) is 5.26 Å². The Hall–Kier alpha value is -1.06. The van der Waals surface area contributed by atoms with Gasteiger partial charge in [0, 0.05) is 17.6 Å². The summed E-state index contributed by atoms with van der Waals surface area (Å²) in [6.07, 6.45) is 0. The molecule has 1 fully saturated rings. The van der Waals surface area contributed by atoms with E-state index in [1.54, 1.807) is 0 Å². The summed E-state index contributed by atoms with van der Waals surface area (Å²) in [4.78, 5) is 1.95. The molecule has 4 nitrogen and oxygen atoms in total. The van der Waals surface area contributed by atoms with Crippen molar-refractivity contribution in [2.75, 3.05) is 29.5 Å². The van der Waals surface area contributed by atoms with Crippen LogP contribution in [-0.2, 0) is 9.84 Å². The van der Waals surface area contributed by atoms with Crippen LogP contribution in [0.2, 0.25) is 0 Å². The molecule has 17 heavy (non-hydrogen) atoms. The molecule has 1 aromatic rings. The van der Waals surface area contributed by atoms with Gasteiger partial charge in [0.05, 0.1) is 22.8 Å². The first-order chi connectivity index (χ1) is 8.03. The van der Waals surface area contributed by atoms with E-state index < -0.39 is 9.84 Å². The molecule has 0 atom stereocenters. The van der Waals surface area contributed by atoms with Crippen LogP contribution in [0.3, 0.4) is 0 Å². The lowest BCUT2D eigenvalue weighted by Gasteiger charge is -2.29. The van der Waals surface area contributed by atoms with Gasteiger partial charge in [0.25, 0.3) is 0 Å². The van der Waals surface area contributed by atoms with Crippen molar-refractivity contribution in [2.45, 2.75) is 0 Å². The molecule has 1 saturated heterocycles. The Bertz CT molecular complexity index is 564. The predicted octanol–water partition coefficient (Wildman–Crippen LogP) is 1.56. The maximum absolute atomic E-state index is 11.3. The van der Waals surface area contributed by atoms with E-state index in [4.69, 9.17) is 5.26 Å². The Morgan fingerprint density at radius 1 is 1.29 bits per heavy atom. The second-order valence-corrected chi connectivity index (χ2v) is 7.04. The van der Waals surface area contributed by atoms with Crippen LogP contribution in [0.5, 0.6) is 0 Å². The highest BCUT2D eigenvalue weighted by atomic mass is 79.9. The molecular formula is C11H11BrN2O2S. The first-order valence-electron chi connectivity index (χ1n) is 5.17. The molecule has 0 aliphatic carbocycles. The molecule has 0 aromatic heterocycles. The van der Waals surface area contributed by atoms with Crippen LogP contribution in [0.15, 0.2) is 22.7 Å². The number of hydrogen-bond acceptors (Lipinski definition) is 4. The quantitative estimate of drug-likeness (QED) is 0.789. The highest BCUT2D eigenvalue weighted by molar-refractivity contribution is 9.10. The lowest BCUT2D eigenvalue weighted by Crippen LogP contribution is -2.40. The number of rotatable bonds is 1. The average Bonchev–Trinajstić information content (AvgIpc) is 2.29. The number of sulfone groups is 1. The van der Waals surface area contributed by atoms with E-state index in [1.807, 2.05) is 23.1 Å². The van der Waals surface area contributed by atoms with Crippen molar-refractivity contribution in [3.8, 4) is 6.07 Å². The molecule has 1 heterocycles. The van der Waals surface area contributed by atoms with E-state index in [1.165, 1.54) is 0 Å². The van der Waals surface area contributed by atoms with E-state index in [0.717, 1.165) is 10.2 Å². The molecule has 0 bridgehead atoms. The number of anilines is 1. The van der Waals surface area contributed by atoms with Crippen LogP contribution in [0.4, 0.5) is 5.69 Å². The van der Waals surface area contributed by atoms with Gasteiger partial charge in [-0.2, -0.15) is 5.26 Å². The maximum atomic E-state index is 11.3. The molecule has 2 rings (SSSR count). The van der Waals surface area contributed by atoms with Crippen LogP contribution in [-0.4, -0.2) is 33.0 Å². The Labute approximate surface area is 109 Å². The molecule has 0 unspecified atom stereocenters. The van der Waals surface area contributed by atoms with E-state index in [2.05, 4.69) is 22.0 Å². The molecule has 1 aliphatic heterocycles. The minimum Gasteiger partial charge on any atom is -0.368 e. The molecule has 1 aromatic carbocycles. The third-order valence-corrected chi connectivity index (χ3v) is 5.06. The Morgan fingerprint density at radius 3 is 2.53 bits per heavy atom. The maximum Gasteiger partial charge on any atom is 0.153 e. The highest BCUT2D eigenvalue weighted by Crippen LogP contribution is 2.28. The zero-order valence-corrected chi connectivity index (χ0v) is 11.5. The van der Waals surface area contributed by atoms with E-state index in [-0.39, 0.29) is 11.5 Å². The third kappa shape index (κ3) is 2.61. The first-order valence-corrected chi connectivity index (χ1v) is 7.79. The van der Waals surface area contributed by atoms with E-state index in [9.17, 15) is 8.42 Å². The van der Waals surface area contributed by atoms with Crippen LogP contribution >= 0.6 is 15.9 Å². The Kier molecular flexibility index (Phi) is 3.40. The molecule has 1 aliphatic rings. The van der Waals surface area contributed by atoms with Crippen LogP contribution in [0.25, 0.3) is 0 Å². The summed E-state index contributed by atoms with van der Waals surface area (Å²) >= 11 is 3.33. The Morgan fingerprint density at radius 2 is 1.94 bits per heavy atom. The summed E-state index contributed by atoms with van der Waals surface area (Å²) < 4.78 is 23.4. The minimum absolute atomic E-state index is 0.157. The predicted molar refractivity (Wildman–Crippen MR) is 69.7 cm³/mol. The minimum atomic E-state index is -2.89. The molecule has 0 N–H and O–H groups in total. The second kappa shape index (κ2) is 4.67. The molecule has 0 amide bonds. The summed E-state index contributed by atoms with van der Waals surface area (Å²) in [5.74, 6) is 0.314. The van der Waals surface area contributed by atoms with Gasteiger partial charge >= 0.3 is 0 Å². The molecular weight excluding hydrogens is 304 g/mol. The van der Waals surface area contributed by atoms with Gasteiger partial charge in [-0.1, -0.05) is 6.07 Å². The standard InChI is InChI=1S/C11H11BrN2O2S/c12-10-2-1-3-11(9(10)8-13)14-4-6-17(15,16)7-5-14/h1-3H,4-7H2. The lowest BCUT2D eigenvalue weighted by atomic mass is 10.1. The molecule has 0 spiro atoms. The van der Waals surface area contributed by atoms with Crippen LogP contribution in [0.1, 0.15) is 5.56 Å². The number of halogens is 1. The fraction of sp³-hybridized carbons (Fsp3) is 0.364. The SMILES string of the molecule is N#Cc1c(Br)cccc1N1CCS(=O)(=O)CC1. The zero-order valence-electron chi connectivity index (χ0n) is 9.06. The van der Waals surface area contributed by atoms with Gasteiger partial charge < -0.3 is 4.90 Å². The normalized spacial score (nSPS) is 18.7. The first kappa shape index (κ1) is 12.4. The van der Waals surface area contributed by atoms with Crippen molar-refractivity contribution in [3.63, 3.8) is 0 Å². The van der Waals surface area contributed by atoms with Gasteiger partial charge in [0.2, 0.25) is 0 Å². The van der Waals surface area contributed by atoms with Crippen molar-refractivity contribution in [2.24, 2.45) is 0 Å². The van der Waals surface area contributed by atoms with E-state index >= 15 is 0 Å². The monoisotopic (exact) mass is 314 g/mol. The summed E-state index contributed by atoms with van der Waals surface area (Å²) in [7, 11) is -2.89. The fourth-order valence-electron chi connectivity index (χ4n) is 1.84. The second-order valence-electron chi connectivity index (χ2n) is 3.88. The summed E-state index contributed by atoms with van der Waals surface area (Å²) in [6, 6.07) is 7.65. The highest BCUT2D eigenvalue weighted by Gasteiger charge is 2.23. The smallest absolute Gasteiger partial charge is 0.153 e. The van der Waals surface area contributed by atoms with Gasteiger partial charge in [-0.15, -0.1) is 0 Å². The Balaban J connectivity index is 2.31. The van der Waals surface area contributed by atoms with Crippen molar-refractivity contribution < 1.29 is 8.42 Å². The van der Waals surface area contributed by atoms with Gasteiger partial charge in [-0.05, 0) is 28.1 Å². The topological polar surface area (TPSA) is 61.2 Å². The number of nitrogens with zero attached hydrogens (tertiary/aromatic N) is 2. The largest absolute Gasteiger partial charge is 0.368 e. The third-order valence-electron chi connectivity index (χ3n) is 2.79. The molecule has 0 saturated carbocycles. The van der Waals surface area contributed by atoms with Gasteiger partial charge in [-0.3, -0.25) is 0 Å². The van der Waals surface area contributed by atoms with Crippen molar-refractivity contribution in [1.82, 2.24) is 0 Å². The van der Waals surface area contributed by atoms with Gasteiger partial charge in [0.15, 0.2) is 9.84 Å². The van der Waals surface area contributed by atoms with Crippen molar-refractivity contribution in [3.05, 3.63) is 28.2 Å². The number of nitriles is 1. The van der Waals surface area contributed by atoms with E-state index in [0.29, 0.717) is 18.7 Å². The zero-order chi connectivity index (χ0) is 12.5. The van der Waals surface area contributed by atoms with Gasteiger partial charge in [-0.25, -0.2) is 8.42 Å².